The van der Waals surface area contributed by atoms with Gasteiger partial charge in [0, 0.05) is 5.57 Å². The van der Waals surface area contributed by atoms with Crippen LogP contribution < -0.4 is 0 Å². The lowest BCUT2D eigenvalue weighted by Crippen LogP contribution is -1.74. The minimum Gasteiger partial charge on any atom is -0.473 e. The molecule has 0 aromatic rings. The molecule has 0 unspecified atom stereocenters. The summed E-state index contributed by atoms with van der Waals surface area (Å²) in [5.74, 6) is 0. The third kappa shape index (κ3) is 1.57. The van der Waals surface area contributed by atoms with Crippen molar-refractivity contribution in [3.8, 4) is 0 Å². The number of aldehydes is 1. The van der Waals surface area contributed by atoms with Gasteiger partial charge in [0.05, 0.1) is 12.5 Å². The Balaban J connectivity index is 2.78. The summed E-state index contributed by atoms with van der Waals surface area (Å²) in [5.41, 5.74) is 0.615. The van der Waals surface area contributed by atoms with E-state index in [9.17, 15) is 4.79 Å². The zero-order chi connectivity index (χ0) is 6.53. The summed E-state index contributed by atoms with van der Waals surface area (Å²) in [7, 11) is 0. The largest absolute Gasteiger partial charge is 0.473 e. The molecule has 0 bridgehead atoms. The first kappa shape index (κ1) is 5.82. The molecule has 46 valence electrons. The molecule has 0 atom stereocenters. The molecule has 2 heteroatoms. The third-order valence-corrected chi connectivity index (χ3v) is 0.921. The first-order valence-electron chi connectivity index (χ1n) is 2.57. The first-order chi connectivity index (χ1) is 4.43. The molecule has 0 fully saturated rings. The van der Waals surface area contributed by atoms with Gasteiger partial charge < -0.3 is 4.74 Å². The predicted octanol–water partition coefficient (Wildman–Crippen LogP) is 1.17. The molecule has 2 nitrogen and oxygen atoms in total. The Morgan fingerprint density at radius 3 is 3.11 bits per heavy atom. The predicted molar refractivity (Wildman–Crippen MR) is 33.5 cm³/mol. The topological polar surface area (TPSA) is 26.3 Å². The van der Waals surface area contributed by atoms with Crippen molar-refractivity contribution >= 4 is 6.29 Å². The van der Waals surface area contributed by atoms with Crippen molar-refractivity contribution in [2.75, 3.05) is 0 Å². The van der Waals surface area contributed by atoms with Gasteiger partial charge in [0.1, 0.15) is 6.29 Å². The second kappa shape index (κ2) is 2.87. The van der Waals surface area contributed by atoms with Crippen LogP contribution in [0.4, 0.5) is 0 Å². The molecule has 9 heavy (non-hydrogen) atoms. The monoisotopic (exact) mass is 122 g/mol. The molecular formula is C7H6O2. The van der Waals surface area contributed by atoms with Gasteiger partial charge in [-0.3, -0.25) is 4.79 Å². The standard InChI is InChI=1S/C7H6O2/c8-6-7-2-1-4-9-5-3-7/h1-6H. The quantitative estimate of drug-likeness (QED) is 0.488. The molecule has 0 aromatic heterocycles. The maximum Gasteiger partial charge on any atom is 0.150 e. The number of ether oxygens (including phenoxy) is 1. The van der Waals surface area contributed by atoms with E-state index in [0.717, 1.165) is 6.29 Å². The number of rotatable bonds is 1. The van der Waals surface area contributed by atoms with E-state index < -0.39 is 0 Å². The van der Waals surface area contributed by atoms with Crippen molar-refractivity contribution in [2.45, 2.75) is 0 Å². The molecule has 0 saturated carbocycles. The Labute approximate surface area is 53.1 Å². The van der Waals surface area contributed by atoms with Crippen LogP contribution in [0.5, 0.6) is 0 Å². The number of hydrogen-bond acceptors (Lipinski definition) is 2. The summed E-state index contributed by atoms with van der Waals surface area (Å²) in [6.45, 7) is 0. The number of hydrogen-bond donors (Lipinski definition) is 0. The molecule has 0 amide bonds. The third-order valence-electron chi connectivity index (χ3n) is 0.921. The average Bonchev–Trinajstić information content (AvgIpc) is 2.13. The zero-order valence-electron chi connectivity index (χ0n) is 4.78. The van der Waals surface area contributed by atoms with Crippen molar-refractivity contribution in [1.29, 1.82) is 0 Å². The summed E-state index contributed by atoms with van der Waals surface area (Å²) in [5, 5.41) is 0. The zero-order valence-corrected chi connectivity index (χ0v) is 4.78. The highest BCUT2D eigenvalue weighted by molar-refractivity contribution is 5.77. The molecule has 1 rings (SSSR count). The fourth-order valence-electron chi connectivity index (χ4n) is 0.493. The molecule has 1 aliphatic rings. The average molecular weight is 122 g/mol. The fraction of sp³-hybridized carbons (Fsp3) is 0. The van der Waals surface area contributed by atoms with Crippen LogP contribution in [0.15, 0.2) is 36.3 Å². The van der Waals surface area contributed by atoms with Crippen molar-refractivity contribution in [3.63, 3.8) is 0 Å². The van der Waals surface area contributed by atoms with E-state index >= 15 is 0 Å². The van der Waals surface area contributed by atoms with E-state index in [1.807, 2.05) is 0 Å². The van der Waals surface area contributed by atoms with Crippen LogP contribution >= 0.6 is 0 Å². The Morgan fingerprint density at radius 1 is 1.44 bits per heavy atom. The van der Waals surface area contributed by atoms with Gasteiger partial charge in [-0.05, 0) is 18.2 Å². The summed E-state index contributed by atoms with van der Waals surface area (Å²) < 4.78 is 4.75. The molecule has 0 aromatic carbocycles. The molecule has 1 aliphatic heterocycles. The number of carbonyl (C=O) groups is 1. The molecule has 0 saturated heterocycles. The maximum atomic E-state index is 10.1. The lowest BCUT2D eigenvalue weighted by molar-refractivity contribution is -0.104. The SMILES string of the molecule is O=CC1=CC=COC=C1. The minimum atomic E-state index is 0.615. The Hall–Kier alpha value is -1.31. The van der Waals surface area contributed by atoms with Gasteiger partial charge in [-0.25, -0.2) is 0 Å². The van der Waals surface area contributed by atoms with Crippen molar-refractivity contribution in [2.24, 2.45) is 0 Å². The molecule has 0 aliphatic carbocycles. The van der Waals surface area contributed by atoms with Crippen LogP contribution in [0.2, 0.25) is 0 Å². The maximum absolute atomic E-state index is 10.1. The van der Waals surface area contributed by atoms with Crippen LogP contribution in [-0.4, -0.2) is 6.29 Å². The molecule has 0 radical (unpaired) electrons. The molecule has 0 spiro atoms. The minimum absolute atomic E-state index is 0.615. The number of carbonyl (C=O) groups excluding carboxylic acids is 1. The van der Waals surface area contributed by atoms with Crippen LogP contribution in [0, 0.1) is 0 Å². The van der Waals surface area contributed by atoms with Crippen molar-refractivity contribution in [3.05, 3.63) is 36.3 Å². The van der Waals surface area contributed by atoms with Gasteiger partial charge in [-0.1, -0.05) is 0 Å². The first-order valence-corrected chi connectivity index (χ1v) is 2.57. The Bertz CT molecular complexity index is 187. The smallest absolute Gasteiger partial charge is 0.150 e. The van der Waals surface area contributed by atoms with Gasteiger partial charge in [-0.15, -0.1) is 0 Å². The van der Waals surface area contributed by atoms with E-state index in [-0.39, 0.29) is 0 Å². The second-order valence-electron chi connectivity index (χ2n) is 1.55. The lowest BCUT2D eigenvalue weighted by atomic mass is 10.3. The summed E-state index contributed by atoms with van der Waals surface area (Å²) in [4.78, 5) is 10.1. The van der Waals surface area contributed by atoms with Crippen LogP contribution in [0.1, 0.15) is 0 Å². The van der Waals surface area contributed by atoms with Gasteiger partial charge in [0.15, 0.2) is 0 Å². The Kier molecular flexibility index (Phi) is 1.85. The Morgan fingerprint density at radius 2 is 2.33 bits per heavy atom. The summed E-state index contributed by atoms with van der Waals surface area (Å²) >= 11 is 0. The van der Waals surface area contributed by atoms with E-state index in [1.54, 1.807) is 18.2 Å². The van der Waals surface area contributed by atoms with Crippen LogP contribution in [-0.2, 0) is 9.53 Å². The van der Waals surface area contributed by atoms with Gasteiger partial charge in [-0.2, -0.15) is 0 Å². The van der Waals surface area contributed by atoms with E-state index in [0.29, 0.717) is 5.57 Å². The molecule has 1 heterocycles. The van der Waals surface area contributed by atoms with Crippen molar-refractivity contribution in [1.82, 2.24) is 0 Å². The lowest BCUT2D eigenvalue weighted by Gasteiger charge is -1.82. The number of allylic oxidation sites excluding steroid dienone is 4. The van der Waals surface area contributed by atoms with Crippen LogP contribution in [0.25, 0.3) is 0 Å². The highest BCUT2D eigenvalue weighted by atomic mass is 16.5. The van der Waals surface area contributed by atoms with E-state index in [2.05, 4.69) is 0 Å². The normalized spacial score (nSPS) is 15.8. The van der Waals surface area contributed by atoms with E-state index in [1.165, 1.54) is 12.5 Å². The summed E-state index contributed by atoms with van der Waals surface area (Å²) in [6.07, 6.45) is 8.69. The van der Waals surface area contributed by atoms with Crippen LogP contribution in [0.3, 0.4) is 0 Å². The van der Waals surface area contributed by atoms with Gasteiger partial charge >= 0.3 is 0 Å². The highest BCUT2D eigenvalue weighted by Crippen LogP contribution is 1.98. The van der Waals surface area contributed by atoms with Crippen molar-refractivity contribution < 1.29 is 9.53 Å². The molecular weight excluding hydrogens is 116 g/mol. The fourth-order valence-corrected chi connectivity index (χ4v) is 0.493. The van der Waals surface area contributed by atoms with Gasteiger partial charge in [0.25, 0.3) is 0 Å². The van der Waals surface area contributed by atoms with Gasteiger partial charge in [0.2, 0.25) is 0 Å². The van der Waals surface area contributed by atoms with E-state index in [4.69, 9.17) is 4.74 Å². The summed E-state index contributed by atoms with van der Waals surface area (Å²) in [6, 6.07) is 0. The second-order valence-corrected chi connectivity index (χ2v) is 1.55. The molecule has 0 N–H and O–H groups in total. The highest BCUT2D eigenvalue weighted by Gasteiger charge is 1.87.